The van der Waals surface area contributed by atoms with Crippen molar-refractivity contribution in [2.24, 2.45) is 0 Å². The summed E-state index contributed by atoms with van der Waals surface area (Å²) in [7, 11) is 0. The highest BCUT2D eigenvalue weighted by Crippen LogP contribution is 2.47. The van der Waals surface area contributed by atoms with Gasteiger partial charge in [-0.15, -0.1) is 0 Å². The van der Waals surface area contributed by atoms with Gasteiger partial charge in [0.15, 0.2) is 0 Å². The molecule has 6 rings (SSSR count). The first-order valence-corrected chi connectivity index (χ1v) is 14.1. The lowest BCUT2D eigenvalue weighted by atomic mass is 9.76. The predicted molar refractivity (Wildman–Crippen MR) is 165 cm³/mol. The van der Waals surface area contributed by atoms with Crippen LogP contribution in [0.4, 0.5) is 0 Å². The van der Waals surface area contributed by atoms with E-state index in [-0.39, 0.29) is 0 Å². The van der Waals surface area contributed by atoms with Crippen LogP contribution in [0.15, 0.2) is 150 Å². The fraction of sp³-hybridized carbons (Fsp3) is 0.0833. The maximum Gasteiger partial charge on any atom is 0.138 e. The summed E-state index contributed by atoms with van der Waals surface area (Å²) in [4.78, 5) is 0. The molecule has 0 bridgehead atoms. The molecular formula is C36H29BrN2. The summed E-state index contributed by atoms with van der Waals surface area (Å²) in [6.45, 7) is 2.19. The molecule has 0 aliphatic heterocycles. The predicted octanol–water partition coefficient (Wildman–Crippen LogP) is 9.38. The van der Waals surface area contributed by atoms with Crippen LogP contribution >= 0.6 is 15.9 Å². The van der Waals surface area contributed by atoms with E-state index >= 15 is 0 Å². The number of halogens is 1. The molecule has 5 aromatic carbocycles. The fourth-order valence-electron chi connectivity index (χ4n) is 5.51. The van der Waals surface area contributed by atoms with Crippen LogP contribution in [0.2, 0.25) is 0 Å². The Bertz CT molecular complexity index is 1580. The van der Waals surface area contributed by atoms with Crippen molar-refractivity contribution in [2.45, 2.75) is 18.9 Å². The first-order valence-electron chi connectivity index (χ1n) is 13.3. The Morgan fingerprint density at radius 3 is 1.54 bits per heavy atom. The summed E-state index contributed by atoms with van der Waals surface area (Å²) in [5.74, 6) is 0. The van der Waals surface area contributed by atoms with Crippen LogP contribution < -0.4 is 0 Å². The van der Waals surface area contributed by atoms with Gasteiger partial charge in [-0.05, 0) is 50.7 Å². The summed E-state index contributed by atoms with van der Waals surface area (Å²) in [5.41, 5.74) is 8.14. The van der Waals surface area contributed by atoms with Gasteiger partial charge in [-0.3, -0.25) is 0 Å². The molecule has 6 aromatic rings. The molecule has 0 N–H and O–H groups in total. The van der Waals surface area contributed by atoms with Gasteiger partial charge < -0.3 is 0 Å². The smallest absolute Gasteiger partial charge is 0.138 e. The number of nitrogens with zero attached hydrogens (tertiary/aromatic N) is 2. The SMILES string of the molecule is CCc1cccc(-c2nn(C(c3ccccc3)(c3ccccc3)c3ccccc3)c(-c3ccccc3)c2Br)c1. The van der Waals surface area contributed by atoms with E-state index in [0.717, 1.165) is 50.1 Å². The Hall–Kier alpha value is -4.21. The number of benzene rings is 5. The van der Waals surface area contributed by atoms with Crippen LogP contribution in [0.1, 0.15) is 29.2 Å². The lowest BCUT2D eigenvalue weighted by Crippen LogP contribution is -2.39. The zero-order chi connectivity index (χ0) is 26.7. The van der Waals surface area contributed by atoms with E-state index in [0.29, 0.717) is 0 Å². The Morgan fingerprint density at radius 2 is 1.05 bits per heavy atom. The molecule has 1 heterocycles. The van der Waals surface area contributed by atoms with E-state index < -0.39 is 5.54 Å². The van der Waals surface area contributed by atoms with Gasteiger partial charge in [-0.1, -0.05) is 146 Å². The largest absolute Gasteiger partial charge is 0.243 e. The maximum atomic E-state index is 5.50. The summed E-state index contributed by atoms with van der Waals surface area (Å²) < 4.78 is 3.22. The van der Waals surface area contributed by atoms with Crippen molar-refractivity contribution in [3.8, 4) is 22.5 Å². The topological polar surface area (TPSA) is 17.8 Å². The van der Waals surface area contributed by atoms with E-state index in [9.17, 15) is 0 Å². The highest BCUT2D eigenvalue weighted by molar-refractivity contribution is 9.10. The second-order valence-corrected chi connectivity index (χ2v) is 10.4. The van der Waals surface area contributed by atoms with Crippen molar-refractivity contribution in [3.05, 3.63) is 172 Å². The van der Waals surface area contributed by atoms with E-state index in [1.54, 1.807) is 0 Å². The zero-order valence-electron chi connectivity index (χ0n) is 21.8. The van der Waals surface area contributed by atoms with E-state index in [2.05, 4.69) is 173 Å². The van der Waals surface area contributed by atoms with Gasteiger partial charge in [0.25, 0.3) is 0 Å². The van der Waals surface area contributed by atoms with Crippen LogP contribution in [0.25, 0.3) is 22.5 Å². The Kier molecular flexibility index (Phi) is 7.00. The zero-order valence-corrected chi connectivity index (χ0v) is 23.4. The molecule has 0 spiro atoms. The van der Waals surface area contributed by atoms with Gasteiger partial charge in [-0.25, -0.2) is 4.68 Å². The molecule has 3 heteroatoms. The van der Waals surface area contributed by atoms with E-state index in [4.69, 9.17) is 5.10 Å². The third kappa shape index (κ3) is 4.43. The van der Waals surface area contributed by atoms with E-state index in [1.165, 1.54) is 5.56 Å². The van der Waals surface area contributed by atoms with Crippen LogP contribution in [0.3, 0.4) is 0 Å². The van der Waals surface area contributed by atoms with Gasteiger partial charge in [0, 0.05) is 11.1 Å². The summed E-state index contributed by atoms with van der Waals surface area (Å²) >= 11 is 4.05. The molecule has 39 heavy (non-hydrogen) atoms. The van der Waals surface area contributed by atoms with Crippen LogP contribution in [0, 0.1) is 0 Å². The number of rotatable bonds is 7. The molecular weight excluding hydrogens is 540 g/mol. The highest BCUT2D eigenvalue weighted by Gasteiger charge is 2.42. The number of aryl methyl sites for hydroxylation is 1. The molecule has 0 unspecified atom stereocenters. The maximum absolute atomic E-state index is 5.50. The van der Waals surface area contributed by atoms with Crippen molar-refractivity contribution in [1.82, 2.24) is 9.78 Å². The molecule has 2 nitrogen and oxygen atoms in total. The summed E-state index contributed by atoms with van der Waals surface area (Å²) in [6, 6.07) is 51.4. The van der Waals surface area contributed by atoms with Crippen LogP contribution in [-0.4, -0.2) is 9.78 Å². The second-order valence-electron chi connectivity index (χ2n) is 9.65. The first-order chi connectivity index (χ1) is 19.2. The molecule has 0 aliphatic carbocycles. The van der Waals surface area contributed by atoms with E-state index in [1.807, 2.05) is 0 Å². The number of aromatic nitrogens is 2. The quantitative estimate of drug-likeness (QED) is 0.175. The normalized spacial score (nSPS) is 11.4. The molecule has 1 aromatic heterocycles. The first kappa shape index (κ1) is 25.1. The van der Waals surface area contributed by atoms with Gasteiger partial charge >= 0.3 is 0 Å². The molecule has 190 valence electrons. The van der Waals surface area contributed by atoms with Gasteiger partial charge in [0.05, 0.1) is 10.2 Å². The number of hydrogen-bond donors (Lipinski definition) is 0. The van der Waals surface area contributed by atoms with Gasteiger partial charge in [0.2, 0.25) is 0 Å². The van der Waals surface area contributed by atoms with Crippen molar-refractivity contribution in [2.75, 3.05) is 0 Å². The summed E-state index contributed by atoms with van der Waals surface area (Å²) in [5, 5.41) is 5.50. The summed E-state index contributed by atoms with van der Waals surface area (Å²) in [6.07, 6.45) is 0.972. The lowest BCUT2D eigenvalue weighted by molar-refractivity contribution is 0.466. The Balaban J connectivity index is 1.78. The molecule has 0 atom stereocenters. The highest BCUT2D eigenvalue weighted by atomic mass is 79.9. The van der Waals surface area contributed by atoms with Gasteiger partial charge in [-0.2, -0.15) is 5.10 Å². The monoisotopic (exact) mass is 568 g/mol. The van der Waals surface area contributed by atoms with Crippen molar-refractivity contribution >= 4 is 15.9 Å². The minimum atomic E-state index is -0.724. The van der Waals surface area contributed by atoms with Crippen molar-refractivity contribution < 1.29 is 0 Å². The molecule has 0 radical (unpaired) electrons. The second kappa shape index (κ2) is 10.9. The minimum Gasteiger partial charge on any atom is -0.243 e. The van der Waals surface area contributed by atoms with Crippen LogP contribution in [-0.2, 0) is 12.0 Å². The fourth-order valence-corrected chi connectivity index (χ4v) is 6.22. The van der Waals surface area contributed by atoms with Crippen LogP contribution in [0.5, 0.6) is 0 Å². The third-order valence-electron chi connectivity index (χ3n) is 7.38. The lowest BCUT2D eigenvalue weighted by Gasteiger charge is -2.37. The molecule has 0 saturated heterocycles. The average molecular weight is 570 g/mol. The van der Waals surface area contributed by atoms with Crippen molar-refractivity contribution in [3.63, 3.8) is 0 Å². The third-order valence-corrected chi connectivity index (χ3v) is 8.13. The Morgan fingerprint density at radius 1 is 0.590 bits per heavy atom. The standard InChI is InChI=1S/C36H29BrN2/c1-2-27-16-15-19-29(26-27)34-33(37)35(28-17-7-3-8-18-28)39(38-34)36(30-20-9-4-10-21-30,31-22-11-5-12-23-31)32-24-13-6-14-25-32/h3-26H,2H2,1H3. The van der Waals surface area contributed by atoms with Crippen molar-refractivity contribution in [1.29, 1.82) is 0 Å². The molecule has 0 amide bonds. The molecule has 0 fully saturated rings. The minimum absolute atomic E-state index is 0.724. The Labute approximate surface area is 238 Å². The average Bonchev–Trinajstić information content (AvgIpc) is 3.36. The molecule has 0 aliphatic rings. The molecule has 0 saturated carbocycles. The van der Waals surface area contributed by atoms with Gasteiger partial charge in [0.1, 0.15) is 11.2 Å². The number of hydrogen-bond acceptors (Lipinski definition) is 1.